The van der Waals surface area contributed by atoms with Crippen molar-refractivity contribution in [1.29, 1.82) is 0 Å². The minimum Gasteiger partial charge on any atom is -0.337 e. The Morgan fingerprint density at radius 1 is 1.50 bits per heavy atom. The minimum atomic E-state index is -0.470. The molecule has 1 aliphatic heterocycles. The smallest absolute Gasteiger partial charge is 0.256 e. The molecule has 18 heavy (non-hydrogen) atoms. The predicted octanol–water partition coefficient (Wildman–Crippen LogP) is 2.36. The Kier molecular flexibility index (Phi) is 4.02. The van der Waals surface area contributed by atoms with Crippen molar-refractivity contribution in [1.82, 2.24) is 9.80 Å². The van der Waals surface area contributed by atoms with Crippen LogP contribution in [0.3, 0.4) is 0 Å². The lowest BCUT2D eigenvalue weighted by molar-refractivity contribution is 0.0778. The standard InChI is InChI=1S/C13H16BrFN2O/c1-16(2)10-5-6-17(8-10)13(18)11-4-3-9(14)7-12(11)15/h3-4,7,10H,5-6,8H2,1-2H3/t10-/m1/s1. The molecule has 1 heterocycles. The van der Waals surface area contributed by atoms with E-state index < -0.39 is 5.82 Å². The first-order chi connectivity index (χ1) is 8.49. The van der Waals surface area contributed by atoms with Crippen molar-refractivity contribution in [2.45, 2.75) is 12.5 Å². The maximum atomic E-state index is 13.7. The first kappa shape index (κ1) is 13.5. The van der Waals surface area contributed by atoms with E-state index in [1.165, 1.54) is 12.1 Å². The molecular formula is C13H16BrFN2O. The van der Waals surface area contributed by atoms with Crippen molar-refractivity contribution < 1.29 is 9.18 Å². The predicted molar refractivity (Wildman–Crippen MR) is 72.1 cm³/mol. The summed E-state index contributed by atoms with van der Waals surface area (Å²) in [4.78, 5) is 16.0. The van der Waals surface area contributed by atoms with E-state index in [0.717, 1.165) is 6.42 Å². The molecule has 0 saturated carbocycles. The first-order valence-corrected chi connectivity index (χ1v) is 6.69. The fourth-order valence-corrected chi connectivity index (χ4v) is 2.51. The van der Waals surface area contributed by atoms with Gasteiger partial charge < -0.3 is 9.80 Å². The molecule has 1 aromatic rings. The van der Waals surface area contributed by atoms with Crippen LogP contribution in [0.15, 0.2) is 22.7 Å². The van der Waals surface area contributed by atoms with E-state index in [1.54, 1.807) is 11.0 Å². The van der Waals surface area contributed by atoms with Crippen molar-refractivity contribution in [3.05, 3.63) is 34.1 Å². The van der Waals surface area contributed by atoms with Gasteiger partial charge in [0.1, 0.15) is 5.82 Å². The number of carbonyl (C=O) groups is 1. The van der Waals surface area contributed by atoms with Gasteiger partial charge in [0.25, 0.3) is 5.91 Å². The van der Waals surface area contributed by atoms with Gasteiger partial charge in [-0.25, -0.2) is 4.39 Å². The molecule has 0 spiro atoms. The summed E-state index contributed by atoms with van der Waals surface area (Å²) in [6, 6.07) is 4.92. The number of hydrogen-bond acceptors (Lipinski definition) is 2. The third-order valence-corrected chi connectivity index (χ3v) is 3.84. The van der Waals surface area contributed by atoms with Crippen molar-refractivity contribution in [3.8, 4) is 0 Å². The summed E-state index contributed by atoms with van der Waals surface area (Å²) in [5, 5.41) is 0. The summed E-state index contributed by atoms with van der Waals surface area (Å²) in [6.07, 6.45) is 0.941. The van der Waals surface area contributed by atoms with Crippen LogP contribution < -0.4 is 0 Å². The van der Waals surface area contributed by atoms with E-state index in [2.05, 4.69) is 20.8 Å². The molecule has 0 aliphatic carbocycles. The van der Waals surface area contributed by atoms with Crippen LogP contribution >= 0.6 is 15.9 Å². The Balaban J connectivity index is 2.13. The molecule has 0 radical (unpaired) electrons. The van der Waals surface area contributed by atoms with Crippen molar-refractivity contribution >= 4 is 21.8 Å². The molecule has 1 saturated heterocycles. The van der Waals surface area contributed by atoms with E-state index in [4.69, 9.17) is 0 Å². The number of nitrogens with zero attached hydrogens (tertiary/aromatic N) is 2. The lowest BCUT2D eigenvalue weighted by atomic mass is 10.2. The molecule has 2 rings (SSSR count). The molecule has 1 fully saturated rings. The Morgan fingerprint density at radius 3 is 2.78 bits per heavy atom. The van der Waals surface area contributed by atoms with Gasteiger partial charge in [-0.1, -0.05) is 15.9 Å². The van der Waals surface area contributed by atoms with Gasteiger partial charge in [0, 0.05) is 23.6 Å². The fourth-order valence-electron chi connectivity index (χ4n) is 2.18. The monoisotopic (exact) mass is 314 g/mol. The average molecular weight is 315 g/mol. The molecule has 0 bridgehead atoms. The van der Waals surface area contributed by atoms with Crippen LogP contribution in [0, 0.1) is 5.82 Å². The molecule has 3 nitrogen and oxygen atoms in total. The van der Waals surface area contributed by atoms with Crippen molar-refractivity contribution in [2.75, 3.05) is 27.2 Å². The molecule has 0 N–H and O–H groups in total. The molecule has 1 aromatic carbocycles. The van der Waals surface area contributed by atoms with Gasteiger partial charge in [0.05, 0.1) is 5.56 Å². The Bertz CT molecular complexity index is 464. The molecule has 1 aliphatic rings. The normalized spacial score (nSPS) is 19.6. The molecule has 98 valence electrons. The van der Waals surface area contributed by atoms with Crippen LogP contribution in [-0.4, -0.2) is 48.9 Å². The van der Waals surface area contributed by atoms with Gasteiger partial charge in [-0.05, 0) is 38.7 Å². The minimum absolute atomic E-state index is 0.151. The van der Waals surface area contributed by atoms with Crippen LogP contribution in [0.1, 0.15) is 16.8 Å². The van der Waals surface area contributed by atoms with Crippen molar-refractivity contribution in [3.63, 3.8) is 0 Å². The fraction of sp³-hybridized carbons (Fsp3) is 0.462. The number of benzene rings is 1. The third kappa shape index (κ3) is 2.72. The number of halogens is 2. The van der Waals surface area contributed by atoms with Crippen LogP contribution in [0.4, 0.5) is 4.39 Å². The average Bonchev–Trinajstić information content (AvgIpc) is 2.77. The molecular weight excluding hydrogens is 299 g/mol. The van der Waals surface area contributed by atoms with Gasteiger partial charge >= 0.3 is 0 Å². The second kappa shape index (κ2) is 5.36. The van der Waals surface area contributed by atoms with E-state index in [-0.39, 0.29) is 11.5 Å². The highest BCUT2D eigenvalue weighted by molar-refractivity contribution is 9.10. The maximum Gasteiger partial charge on any atom is 0.256 e. The summed E-state index contributed by atoms with van der Waals surface area (Å²) in [5.41, 5.74) is 0.151. The Hall–Kier alpha value is -0.940. The van der Waals surface area contributed by atoms with Crippen LogP contribution in [-0.2, 0) is 0 Å². The van der Waals surface area contributed by atoms with E-state index in [0.29, 0.717) is 23.6 Å². The van der Waals surface area contributed by atoms with Gasteiger partial charge in [0.2, 0.25) is 0 Å². The summed E-state index contributed by atoms with van der Waals surface area (Å²) < 4.78 is 14.4. The van der Waals surface area contributed by atoms with Gasteiger partial charge in [0.15, 0.2) is 0 Å². The zero-order chi connectivity index (χ0) is 13.3. The van der Waals surface area contributed by atoms with Gasteiger partial charge in [-0.15, -0.1) is 0 Å². The quantitative estimate of drug-likeness (QED) is 0.836. The largest absolute Gasteiger partial charge is 0.337 e. The van der Waals surface area contributed by atoms with E-state index in [9.17, 15) is 9.18 Å². The summed E-state index contributed by atoms with van der Waals surface area (Å²) >= 11 is 3.19. The summed E-state index contributed by atoms with van der Waals surface area (Å²) in [6.45, 7) is 1.36. The topological polar surface area (TPSA) is 23.6 Å². The second-order valence-electron chi connectivity index (χ2n) is 4.78. The molecule has 5 heteroatoms. The number of likely N-dealkylation sites (N-methyl/N-ethyl adjacent to an activating group) is 1. The van der Waals surface area contributed by atoms with Crippen LogP contribution in [0.5, 0.6) is 0 Å². The van der Waals surface area contributed by atoms with Crippen molar-refractivity contribution in [2.24, 2.45) is 0 Å². The van der Waals surface area contributed by atoms with Gasteiger partial charge in [-0.3, -0.25) is 4.79 Å². The summed E-state index contributed by atoms with van der Waals surface area (Å²) in [7, 11) is 4.00. The lowest BCUT2D eigenvalue weighted by Gasteiger charge is -2.20. The number of hydrogen-bond donors (Lipinski definition) is 0. The summed E-state index contributed by atoms with van der Waals surface area (Å²) in [5.74, 6) is -0.688. The number of rotatable bonds is 2. The molecule has 1 amide bonds. The van der Waals surface area contributed by atoms with Crippen LogP contribution in [0.25, 0.3) is 0 Å². The Labute approximate surface area is 115 Å². The highest BCUT2D eigenvalue weighted by Gasteiger charge is 2.29. The molecule has 0 aromatic heterocycles. The highest BCUT2D eigenvalue weighted by Crippen LogP contribution is 2.20. The van der Waals surface area contributed by atoms with Crippen LogP contribution in [0.2, 0.25) is 0 Å². The van der Waals surface area contributed by atoms with Gasteiger partial charge in [-0.2, -0.15) is 0 Å². The zero-order valence-electron chi connectivity index (χ0n) is 10.5. The molecule has 0 unspecified atom stereocenters. The Morgan fingerprint density at radius 2 is 2.22 bits per heavy atom. The zero-order valence-corrected chi connectivity index (χ0v) is 12.1. The lowest BCUT2D eigenvalue weighted by Crippen LogP contribution is -2.34. The number of carbonyl (C=O) groups excluding carboxylic acids is 1. The van der Waals surface area contributed by atoms with E-state index >= 15 is 0 Å². The third-order valence-electron chi connectivity index (χ3n) is 3.34. The first-order valence-electron chi connectivity index (χ1n) is 5.90. The number of amides is 1. The number of likely N-dealkylation sites (tertiary alicyclic amines) is 1. The highest BCUT2D eigenvalue weighted by atomic mass is 79.9. The maximum absolute atomic E-state index is 13.7. The van der Waals surface area contributed by atoms with E-state index in [1.807, 2.05) is 14.1 Å². The second-order valence-corrected chi connectivity index (χ2v) is 5.70. The SMILES string of the molecule is CN(C)[C@@H]1CCN(C(=O)c2ccc(Br)cc2F)C1. The molecule has 1 atom stereocenters.